The van der Waals surface area contributed by atoms with E-state index in [0.29, 0.717) is 6.54 Å². The Labute approximate surface area is 156 Å². The predicted octanol–water partition coefficient (Wildman–Crippen LogP) is 3.40. The van der Waals surface area contributed by atoms with E-state index in [4.69, 9.17) is 4.74 Å². The number of aryl methyl sites for hydroxylation is 1. The number of benzene rings is 1. The molecule has 0 amide bonds. The van der Waals surface area contributed by atoms with E-state index in [1.165, 1.54) is 16.7 Å². The molecule has 23 heavy (non-hydrogen) atoms. The number of hydrogen-bond acceptors (Lipinski definition) is 2. The minimum Gasteiger partial charge on any atom is -0.377 e. The van der Waals surface area contributed by atoms with Gasteiger partial charge in [-0.05, 0) is 37.8 Å². The van der Waals surface area contributed by atoms with E-state index in [1.807, 2.05) is 0 Å². The summed E-state index contributed by atoms with van der Waals surface area (Å²) in [6.45, 7) is 8.32. The molecule has 1 aromatic rings. The Bertz CT molecular complexity index is 529. The van der Waals surface area contributed by atoms with Crippen molar-refractivity contribution >= 4 is 29.9 Å². The fraction of sp³-hybridized carbons (Fsp3) is 0.500. The number of aliphatic imine (C=N–C) groups is 1. The molecule has 0 aromatic heterocycles. The van der Waals surface area contributed by atoms with Crippen LogP contribution < -0.4 is 10.6 Å². The summed E-state index contributed by atoms with van der Waals surface area (Å²) in [5.74, 6) is 0.887. The average Bonchev–Trinajstić information content (AvgIpc) is 2.55. The van der Waals surface area contributed by atoms with Gasteiger partial charge in [0.1, 0.15) is 0 Å². The van der Waals surface area contributed by atoms with Crippen molar-refractivity contribution in [2.45, 2.75) is 33.2 Å². The third kappa shape index (κ3) is 7.35. The molecule has 5 heteroatoms. The van der Waals surface area contributed by atoms with Gasteiger partial charge in [0.25, 0.3) is 0 Å². The summed E-state index contributed by atoms with van der Waals surface area (Å²) < 4.78 is 5.33. The number of nitrogens with one attached hydrogen (secondary N) is 2. The Morgan fingerprint density at radius 1 is 1.26 bits per heavy atom. The number of halogens is 1. The Morgan fingerprint density at radius 2 is 2.09 bits per heavy atom. The second-order valence-corrected chi connectivity index (χ2v) is 5.49. The van der Waals surface area contributed by atoms with Crippen LogP contribution in [0.2, 0.25) is 0 Å². The van der Waals surface area contributed by atoms with Gasteiger partial charge in [-0.15, -0.1) is 24.0 Å². The Balaban J connectivity index is 0.00000264. The average molecular weight is 429 g/mol. The van der Waals surface area contributed by atoms with Gasteiger partial charge < -0.3 is 15.4 Å². The Kier molecular flexibility index (Phi) is 9.94. The summed E-state index contributed by atoms with van der Waals surface area (Å²) in [6.07, 6.45) is 4.30. The first-order chi connectivity index (χ1) is 10.8. The van der Waals surface area contributed by atoms with Crippen LogP contribution in [-0.2, 0) is 11.3 Å². The number of nitrogens with zero attached hydrogens (tertiary/aromatic N) is 1. The second-order valence-electron chi connectivity index (χ2n) is 5.49. The minimum atomic E-state index is 0. The van der Waals surface area contributed by atoms with Gasteiger partial charge in [-0.1, -0.05) is 35.9 Å². The maximum Gasteiger partial charge on any atom is 0.191 e. The molecule has 2 rings (SSSR count). The first-order valence-electron chi connectivity index (χ1n) is 8.12. The summed E-state index contributed by atoms with van der Waals surface area (Å²) in [4.78, 5) is 4.68. The summed E-state index contributed by atoms with van der Waals surface area (Å²) in [5.41, 5.74) is 4.04. The van der Waals surface area contributed by atoms with Crippen LogP contribution in [0.4, 0.5) is 0 Å². The van der Waals surface area contributed by atoms with Crippen LogP contribution >= 0.6 is 24.0 Å². The zero-order chi connectivity index (χ0) is 15.6. The van der Waals surface area contributed by atoms with Crippen LogP contribution in [0.5, 0.6) is 0 Å². The molecule has 0 saturated carbocycles. The van der Waals surface area contributed by atoms with Crippen molar-refractivity contribution in [3.8, 4) is 0 Å². The zero-order valence-electron chi connectivity index (χ0n) is 14.1. The van der Waals surface area contributed by atoms with Crippen LogP contribution in [0, 0.1) is 6.92 Å². The van der Waals surface area contributed by atoms with Crippen LogP contribution in [0.1, 0.15) is 30.9 Å². The largest absolute Gasteiger partial charge is 0.377 e. The Hall–Kier alpha value is -1.08. The molecule has 0 unspecified atom stereocenters. The normalized spacial score (nSPS) is 14.7. The van der Waals surface area contributed by atoms with Gasteiger partial charge in [0.15, 0.2) is 5.96 Å². The maximum atomic E-state index is 5.33. The topological polar surface area (TPSA) is 45.7 Å². The summed E-state index contributed by atoms with van der Waals surface area (Å²) in [6, 6.07) is 8.39. The van der Waals surface area contributed by atoms with Crippen molar-refractivity contribution in [2.24, 2.45) is 4.99 Å². The van der Waals surface area contributed by atoms with Crippen molar-refractivity contribution in [3.63, 3.8) is 0 Å². The number of ether oxygens (including phenoxy) is 1. The molecule has 1 aromatic carbocycles. The standard InChI is InChI=1S/C18H27N3O.HI/c1-3-19-18(20-11-8-16-9-12-22-13-10-16)21-14-17-7-5-4-6-15(17)2;/h4-7,9H,3,8,10-14H2,1-2H3,(H2,19,20,21);1H. The molecule has 0 fully saturated rings. The molecule has 0 saturated heterocycles. The van der Waals surface area contributed by atoms with Crippen molar-refractivity contribution in [1.29, 1.82) is 0 Å². The van der Waals surface area contributed by atoms with E-state index in [1.54, 1.807) is 0 Å². The van der Waals surface area contributed by atoms with Crippen LogP contribution in [0.15, 0.2) is 40.9 Å². The van der Waals surface area contributed by atoms with Gasteiger partial charge >= 0.3 is 0 Å². The summed E-state index contributed by atoms with van der Waals surface area (Å²) in [5, 5.41) is 6.72. The van der Waals surface area contributed by atoms with E-state index in [2.05, 4.69) is 59.8 Å². The van der Waals surface area contributed by atoms with Gasteiger partial charge in [0.2, 0.25) is 0 Å². The van der Waals surface area contributed by atoms with Crippen molar-refractivity contribution in [3.05, 3.63) is 47.0 Å². The van der Waals surface area contributed by atoms with Crippen LogP contribution in [0.3, 0.4) is 0 Å². The first kappa shape index (κ1) is 20.0. The van der Waals surface area contributed by atoms with Gasteiger partial charge in [-0.3, -0.25) is 0 Å². The molecular weight excluding hydrogens is 401 g/mol. The van der Waals surface area contributed by atoms with Gasteiger partial charge in [-0.25, -0.2) is 4.99 Å². The Morgan fingerprint density at radius 3 is 2.78 bits per heavy atom. The summed E-state index contributed by atoms with van der Waals surface area (Å²) >= 11 is 0. The van der Waals surface area contributed by atoms with E-state index >= 15 is 0 Å². The maximum absolute atomic E-state index is 5.33. The van der Waals surface area contributed by atoms with E-state index in [9.17, 15) is 0 Å². The van der Waals surface area contributed by atoms with Crippen LogP contribution in [-0.4, -0.2) is 32.3 Å². The fourth-order valence-electron chi connectivity index (χ4n) is 2.43. The fourth-order valence-corrected chi connectivity index (χ4v) is 2.43. The van der Waals surface area contributed by atoms with E-state index in [0.717, 1.165) is 45.1 Å². The molecule has 0 bridgehead atoms. The molecule has 0 radical (unpaired) electrons. The molecule has 1 aliphatic rings. The third-order valence-corrected chi connectivity index (χ3v) is 3.81. The number of guanidine groups is 1. The molecular formula is C18H28IN3O. The van der Waals surface area contributed by atoms with Gasteiger partial charge in [0.05, 0.1) is 19.8 Å². The molecule has 1 aliphatic heterocycles. The molecule has 2 N–H and O–H groups in total. The monoisotopic (exact) mass is 429 g/mol. The minimum absolute atomic E-state index is 0. The molecule has 0 aliphatic carbocycles. The van der Waals surface area contributed by atoms with Crippen molar-refractivity contribution < 1.29 is 4.74 Å². The molecule has 0 spiro atoms. The summed E-state index contributed by atoms with van der Waals surface area (Å²) in [7, 11) is 0. The van der Waals surface area contributed by atoms with Gasteiger partial charge in [-0.2, -0.15) is 0 Å². The quantitative estimate of drug-likeness (QED) is 0.315. The predicted molar refractivity (Wildman–Crippen MR) is 108 cm³/mol. The smallest absolute Gasteiger partial charge is 0.191 e. The molecule has 1 heterocycles. The lowest BCUT2D eigenvalue weighted by atomic mass is 10.1. The zero-order valence-corrected chi connectivity index (χ0v) is 16.4. The first-order valence-corrected chi connectivity index (χ1v) is 8.12. The number of rotatable bonds is 6. The molecule has 4 nitrogen and oxygen atoms in total. The van der Waals surface area contributed by atoms with Crippen molar-refractivity contribution in [2.75, 3.05) is 26.3 Å². The van der Waals surface area contributed by atoms with E-state index in [-0.39, 0.29) is 24.0 Å². The highest BCUT2D eigenvalue weighted by Crippen LogP contribution is 2.11. The SMILES string of the molecule is CCNC(=NCc1ccccc1C)NCCC1=CCOCC1.I. The highest BCUT2D eigenvalue weighted by atomic mass is 127. The molecule has 128 valence electrons. The third-order valence-electron chi connectivity index (χ3n) is 3.81. The highest BCUT2D eigenvalue weighted by molar-refractivity contribution is 14.0. The lowest BCUT2D eigenvalue weighted by Gasteiger charge is -2.15. The van der Waals surface area contributed by atoms with E-state index < -0.39 is 0 Å². The lowest BCUT2D eigenvalue weighted by Crippen LogP contribution is -2.38. The van der Waals surface area contributed by atoms with Gasteiger partial charge in [0, 0.05) is 13.1 Å². The number of hydrogen-bond donors (Lipinski definition) is 2. The van der Waals surface area contributed by atoms with Crippen molar-refractivity contribution in [1.82, 2.24) is 10.6 Å². The second kappa shape index (κ2) is 11.5. The lowest BCUT2D eigenvalue weighted by molar-refractivity contribution is 0.153. The highest BCUT2D eigenvalue weighted by Gasteiger charge is 2.04. The molecule has 0 atom stereocenters. The van der Waals surface area contributed by atoms with Crippen LogP contribution in [0.25, 0.3) is 0 Å².